The maximum atomic E-state index is 13.9. The van der Waals surface area contributed by atoms with Crippen molar-refractivity contribution in [3.63, 3.8) is 0 Å². The Labute approximate surface area is 168 Å². The summed E-state index contributed by atoms with van der Waals surface area (Å²) < 4.78 is 14.6. The zero-order chi connectivity index (χ0) is 18.8. The van der Waals surface area contributed by atoms with Gasteiger partial charge in [-0.2, -0.15) is 0 Å². The van der Waals surface area contributed by atoms with E-state index >= 15 is 0 Å². The molecule has 2 amide bonds. The average Bonchev–Trinajstić information content (AvgIpc) is 2.62. The van der Waals surface area contributed by atoms with Gasteiger partial charge in [0.15, 0.2) is 0 Å². The predicted octanol–water partition coefficient (Wildman–Crippen LogP) is 4.49. The first-order valence-electron chi connectivity index (χ1n) is 7.85. The van der Waals surface area contributed by atoms with Crippen LogP contribution in [0.4, 0.5) is 4.39 Å². The lowest BCUT2D eigenvalue weighted by Gasteiger charge is -2.35. The van der Waals surface area contributed by atoms with Crippen molar-refractivity contribution in [1.82, 2.24) is 9.80 Å². The van der Waals surface area contributed by atoms with Crippen LogP contribution in [-0.2, 0) is 0 Å². The molecule has 1 saturated heterocycles. The number of carbonyl (C=O) groups is 2. The van der Waals surface area contributed by atoms with E-state index in [1.54, 1.807) is 34.1 Å². The first kappa shape index (κ1) is 19.1. The minimum absolute atomic E-state index is 0.0146. The quantitative estimate of drug-likeness (QED) is 0.663. The van der Waals surface area contributed by atoms with Gasteiger partial charge in [-0.05, 0) is 36.4 Å². The Bertz CT molecular complexity index is 850. The second-order valence-electron chi connectivity index (χ2n) is 5.87. The molecule has 2 aromatic rings. The van der Waals surface area contributed by atoms with Crippen LogP contribution in [0.25, 0.3) is 0 Å². The van der Waals surface area contributed by atoms with Gasteiger partial charge in [-0.25, -0.2) is 4.39 Å². The number of halogens is 4. The molecule has 0 atom stereocenters. The molecule has 1 heterocycles. The molecule has 1 aliphatic rings. The van der Waals surface area contributed by atoms with Gasteiger partial charge in [-0.15, -0.1) is 0 Å². The van der Waals surface area contributed by atoms with Crippen molar-refractivity contribution in [2.75, 3.05) is 26.2 Å². The van der Waals surface area contributed by atoms with Crippen LogP contribution in [0.2, 0.25) is 10.0 Å². The van der Waals surface area contributed by atoms with Gasteiger partial charge in [0.25, 0.3) is 11.8 Å². The lowest BCUT2D eigenvalue weighted by molar-refractivity contribution is 0.0533. The highest BCUT2D eigenvalue weighted by molar-refractivity contribution is 9.10. The van der Waals surface area contributed by atoms with E-state index in [1.165, 1.54) is 12.1 Å². The van der Waals surface area contributed by atoms with E-state index in [0.717, 1.165) is 0 Å². The van der Waals surface area contributed by atoms with E-state index in [2.05, 4.69) is 15.9 Å². The number of hydrogen-bond acceptors (Lipinski definition) is 2. The summed E-state index contributed by atoms with van der Waals surface area (Å²) in [5.74, 6) is -1.15. The number of rotatable bonds is 2. The monoisotopic (exact) mass is 458 g/mol. The van der Waals surface area contributed by atoms with Crippen molar-refractivity contribution in [3.05, 3.63) is 67.9 Å². The molecule has 0 saturated carbocycles. The van der Waals surface area contributed by atoms with Crippen LogP contribution in [0, 0.1) is 5.82 Å². The third-order valence-electron chi connectivity index (χ3n) is 4.12. The van der Waals surface area contributed by atoms with Crippen molar-refractivity contribution in [2.24, 2.45) is 0 Å². The fourth-order valence-electron chi connectivity index (χ4n) is 2.80. The molecule has 0 spiro atoms. The summed E-state index contributed by atoms with van der Waals surface area (Å²) in [5, 5.41) is 0.777. The van der Waals surface area contributed by atoms with Gasteiger partial charge in [-0.1, -0.05) is 39.1 Å². The molecule has 4 nitrogen and oxygen atoms in total. The van der Waals surface area contributed by atoms with Crippen molar-refractivity contribution >= 4 is 50.9 Å². The van der Waals surface area contributed by atoms with E-state index in [-0.39, 0.29) is 17.4 Å². The summed E-state index contributed by atoms with van der Waals surface area (Å²) in [4.78, 5) is 28.3. The van der Waals surface area contributed by atoms with Crippen molar-refractivity contribution in [2.45, 2.75) is 0 Å². The third kappa shape index (κ3) is 4.19. The van der Waals surface area contributed by atoms with Gasteiger partial charge in [0.05, 0.1) is 5.56 Å². The highest BCUT2D eigenvalue weighted by atomic mass is 79.9. The second-order valence-corrected chi connectivity index (χ2v) is 7.66. The summed E-state index contributed by atoms with van der Waals surface area (Å²) in [6.07, 6.45) is 0. The number of piperazine rings is 1. The number of carbonyl (C=O) groups excluding carboxylic acids is 2. The Morgan fingerprint density at radius 1 is 0.885 bits per heavy atom. The number of nitrogens with zero attached hydrogens (tertiary/aromatic N) is 2. The molecule has 3 rings (SSSR count). The average molecular weight is 460 g/mol. The van der Waals surface area contributed by atoms with Crippen LogP contribution in [0.15, 0.2) is 40.9 Å². The van der Waals surface area contributed by atoms with Gasteiger partial charge < -0.3 is 9.80 Å². The van der Waals surface area contributed by atoms with E-state index < -0.39 is 5.82 Å². The molecule has 1 aliphatic heterocycles. The second kappa shape index (κ2) is 7.94. The molecule has 1 fully saturated rings. The predicted molar refractivity (Wildman–Crippen MR) is 102 cm³/mol. The van der Waals surface area contributed by atoms with Gasteiger partial charge >= 0.3 is 0 Å². The minimum atomic E-state index is -0.565. The number of amides is 2. The standard InChI is InChI=1S/C18H14BrCl2FN2O2/c19-12-1-2-16(22)15(9-12)18(26)24-5-3-23(4-6-24)17(25)11-7-13(20)10-14(21)8-11/h1-2,7-10H,3-6H2. The molecule has 0 N–H and O–H groups in total. The van der Waals surface area contributed by atoms with E-state index in [1.807, 2.05) is 0 Å². The Hall–Kier alpha value is -1.63. The van der Waals surface area contributed by atoms with Crippen molar-refractivity contribution in [1.29, 1.82) is 0 Å². The third-order valence-corrected chi connectivity index (χ3v) is 5.05. The van der Waals surface area contributed by atoms with E-state index in [9.17, 15) is 14.0 Å². The smallest absolute Gasteiger partial charge is 0.256 e. The Kier molecular flexibility index (Phi) is 5.85. The highest BCUT2D eigenvalue weighted by Gasteiger charge is 2.27. The fourth-order valence-corrected chi connectivity index (χ4v) is 3.69. The zero-order valence-corrected chi connectivity index (χ0v) is 16.6. The Balaban J connectivity index is 1.68. The Morgan fingerprint density at radius 3 is 2.00 bits per heavy atom. The van der Waals surface area contributed by atoms with Crippen LogP contribution in [0.5, 0.6) is 0 Å². The summed E-state index contributed by atoms with van der Waals surface area (Å²) in [6, 6.07) is 8.93. The molecule has 8 heteroatoms. The number of hydrogen-bond donors (Lipinski definition) is 0. The molecule has 0 bridgehead atoms. The summed E-state index contributed by atoms with van der Waals surface area (Å²) in [5.41, 5.74) is 0.418. The van der Waals surface area contributed by atoms with Crippen molar-refractivity contribution < 1.29 is 14.0 Å². The molecule has 0 aromatic heterocycles. The van der Waals surface area contributed by atoms with Crippen molar-refractivity contribution in [3.8, 4) is 0 Å². The Morgan fingerprint density at radius 2 is 1.42 bits per heavy atom. The minimum Gasteiger partial charge on any atom is -0.335 e. The summed E-state index contributed by atoms with van der Waals surface area (Å²) in [6.45, 7) is 1.35. The highest BCUT2D eigenvalue weighted by Crippen LogP contribution is 2.22. The molecule has 0 aliphatic carbocycles. The molecule has 26 heavy (non-hydrogen) atoms. The summed E-state index contributed by atoms with van der Waals surface area (Å²) in [7, 11) is 0. The topological polar surface area (TPSA) is 40.6 Å². The molecule has 2 aromatic carbocycles. The van der Waals surface area contributed by atoms with Crippen LogP contribution >= 0.6 is 39.1 Å². The van der Waals surface area contributed by atoms with Gasteiger partial charge in [-0.3, -0.25) is 9.59 Å². The lowest BCUT2D eigenvalue weighted by Crippen LogP contribution is -2.50. The molecule has 0 radical (unpaired) electrons. The SMILES string of the molecule is O=C(c1cc(Cl)cc(Cl)c1)N1CCN(C(=O)c2cc(Br)ccc2F)CC1. The zero-order valence-electron chi connectivity index (χ0n) is 13.5. The first-order chi connectivity index (χ1) is 12.3. The maximum Gasteiger partial charge on any atom is 0.256 e. The number of benzene rings is 2. The molecular weight excluding hydrogens is 446 g/mol. The largest absolute Gasteiger partial charge is 0.335 e. The van der Waals surface area contributed by atoms with Crippen LogP contribution in [0.1, 0.15) is 20.7 Å². The first-order valence-corrected chi connectivity index (χ1v) is 9.40. The van der Waals surface area contributed by atoms with Gasteiger partial charge in [0.1, 0.15) is 5.82 Å². The van der Waals surface area contributed by atoms with Gasteiger partial charge in [0, 0.05) is 46.3 Å². The molecular formula is C18H14BrCl2FN2O2. The van der Waals surface area contributed by atoms with Crippen LogP contribution in [-0.4, -0.2) is 47.8 Å². The lowest BCUT2D eigenvalue weighted by atomic mass is 10.1. The van der Waals surface area contributed by atoms with E-state index in [0.29, 0.717) is 46.3 Å². The van der Waals surface area contributed by atoms with Gasteiger partial charge in [0.2, 0.25) is 0 Å². The fraction of sp³-hybridized carbons (Fsp3) is 0.222. The normalized spacial score (nSPS) is 14.5. The summed E-state index contributed by atoms with van der Waals surface area (Å²) >= 11 is 15.1. The molecule has 136 valence electrons. The molecule has 0 unspecified atom stereocenters. The van der Waals surface area contributed by atoms with Crippen LogP contribution in [0.3, 0.4) is 0 Å². The maximum absolute atomic E-state index is 13.9. The van der Waals surface area contributed by atoms with Crippen LogP contribution < -0.4 is 0 Å². The van der Waals surface area contributed by atoms with E-state index in [4.69, 9.17) is 23.2 Å².